The van der Waals surface area contributed by atoms with Crippen molar-refractivity contribution in [1.82, 2.24) is 14.8 Å². The lowest BCUT2D eigenvalue weighted by Gasteiger charge is -2.22. The van der Waals surface area contributed by atoms with Crippen molar-refractivity contribution in [3.8, 4) is 0 Å². The van der Waals surface area contributed by atoms with Crippen molar-refractivity contribution < 1.29 is 23.6 Å². The molecule has 4 rings (SSSR count). The molecule has 0 N–H and O–H groups in total. The molecule has 1 unspecified atom stereocenters. The zero-order chi connectivity index (χ0) is 21.3. The molecule has 1 fully saturated rings. The van der Waals surface area contributed by atoms with Crippen LogP contribution in [0.4, 0.5) is 4.79 Å². The van der Waals surface area contributed by atoms with Crippen molar-refractivity contribution in [3.05, 3.63) is 46.5 Å². The second kappa shape index (κ2) is 8.23. The van der Waals surface area contributed by atoms with Gasteiger partial charge >= 0.3 is 17.8 Å². The number of amides is 5. The van der Waals surface area contributed by atoms with Gasteiger partial charge in [-0.15, -0.1) is 11.3 Å². The number of hydrogen-bond donors (Lipinski definition) is 0. The topological polar surface area (TPSA) is 104 Å². The zero-order valence-corrected chi connectivity index (χ0v) is 17.1. The van der Waals surface area contributed by atoms with E-state index in [1.165, 1.54) is 22.6 Å². The lowest BCUT2D eigenvalue weighted by Crippen LogP contribution is -2.42. The highest BCUT2D eigenvalue weighted by Crippen LogP contribution is 2.34. The van der Waals surface area contributed by atoms with E-state index in [0.717, 1.165) is 21.9 Å². The van der Waals surface area contributed by atoms with Crippen molar-refractivity contribution in [2.45, 2.75) is 32.2 Å². The standard InChI is InChI=1S/C20H20N4O5S/c1-2-3-8-22-18(26)19(27)23(20(22)28)12-17(25)24-14(15-6-4-9-29-15)11-13(21-24)16-7-5-10-30-16/h4-7,9-10,14H,2-3,8,11-12H2,1H3. The number of imide groups is 2. The van der Waals surface area contributed by atoms with Crippen LogP contribution in [0.2, 0.25) is 0 Å². The fourth-order valence-corrected chi connectivity index (χ4v) is 4.17. The molecule has 0 aliphatic carbocycles. The molecule has 0 saturated carbocycles. The molecule has 0 bridgehead atoms. The van der Waals surface area contributed by atoms with Gasteiger partial charge in [0.15, 0.2) is 0 Å². The molecule has 1 saturated heterocycles. The molecule has 2 aliphatic heterocycles. The van der Waals surface area contributed by atoms with Gasteiger partial charge in [0.1, 0.15) is 18.3 Å². The molecule has 0 aromatic carbocycles. The Labute approximate surface area is 176 Å². The summed E-state index contributed by atoms with van der Waals surface area (Å²) in [4.78, 5) is 52.5. The van der Waals surface area contributed by atoms with Crippen LogP contribution in [0.15, 0.2) is 45.4 Å². The Kier molecular flexibility index (Phi) is 5.49. The van der Waals surface area contributed by atoms with E-state index in [1.807, 2.05) is 24.4 Å². The van der Waals surface area contributed by atoms with E-state index < -0.39 is 36.3 Å². The van der Waals surface area contributed by atoms with Crippen LogP contribution in [-0.4, -0.2) is 57.4 Å². The first kappa shape index (κ1) is 20.0. The van der Waals surface area contributed by atoms with Crippen LogP contribution in [0.25, 0.3) is 0 Å². The second-order valence-electron chi connectivity index (χ2n) is 6.98. The van der Waals surface area contributed by atoms with Crippen molar-refractivity contribution in [1.29, 1.82) is 0 Å². The number of urea groups is 1. The summed E-state index contributed by atoms with van der Waals surface area (Å²) in [6.07, 6.45) is 3.32. The molecular weight excluding hydrogens is 408 g/mol. The van der Waals surface area contributed by atoms with Gasteiger partial charge in [-0.2, -0.15) is 5.10 Å². The Morgan fingerprint density at radius 1 is 1.20 bits per heavy atom. The summed E-state index contributed by atoms with van der Waals surface area (Å²) >= 11 is 1.51. The fraction of sp³-hybridized carbons (Fsp3) is 0.350. The average molecular weight is 428 g/mol. The SMILES string of the molecule is CCCCN1C(=O)C(=O)N(CC(=O)N2N=C(c3cccs3)CC2c2ccco2)C1=O. The molecule has 9 nitrogen and oxygen atoms in total. The Balaban J connectivity index is 1.55. The average Bonchev–Trinajstić information content (AvgIpc) is 3.52. The highest BCUT2D eigenvalue weighted by atomic mass is 32.1. The maximum Gasteiger partial charge on any atom is 0.334 e. The molecule has 2 aromatic rings. The number of furan rings is 1. The lowest BCUT2D eigenvalue weighted by molar-refractivity contribution is -0.145. The number of hydrogen-bond acceptors (Lipinski definition) is 7. The predicted molar refractivity (Wildman–Crippen MR) is 107 cm³/mol. The Bertz CT molecular complexity index is 999. The van der Waals surface area contributed by atoms with Crippen LogP contribution in [-0.2, 0) is 14.4 Å². The summed E-state index contributed by atoms with van der Waals surface area (Å²) < 4.78 is 5.48. The van der Waals surface area contributed by atoms with Crippen LogP contribution in [0.1, 0.15) is 42.9 Å². The molecule has 156 valence electrons. The summed E-state index contributed by atoms with van der Waals surface area (Å²) in [5.41, 5.74) is 0.722. The minimum atomic E-state index is -0.986. The summed E-state index contributed by atoms with van der Waals surface area (Å²) in [5.74, 6) is -1.89. The van der Waals surface area contributed by atoms with Gasteiger partial charge in [0.05, 0.1) is 16.9 Å². The van der Waals surface area contributed by atoms with E-state index in [9.17, 15) is 19.2 Å². The Hall–Kier alpha value is -3.27. The van der Waals surface area contributed by atoms with Crippen LogP contribution in [0.5, 0.6) is 0 Å². The third kappa shape index (κ3) is 3.54. The predicted octanol–water partition coefficient (Wildman–Crippen LogP) is 2.61. The molecule has 2 aromatic heterocycles. The first-order valence-corrected chi connectivity index (χ1v) is 10.5. The number of carbonyl (C=O) groups excluding carboxylic acids is 4. The second-order valence-corrected chi connectivity index (χ2v) is 7.93. The van der Waals surface area contributed by atoms with E-state index in [2.05, 4.69) is 5.10 Å². The largest absolute Gasteiger partial charge is 0.467 e. The molecule has 0 radical (unpaired) electrons. The number of nitrogens with zero attached hydrogens (tertiary/aromatic N) is 4. The molecule has 4 heterocycles. The molecule has 1 atom stereocenters. The number of unbranched alkanes of at least 4 members (excludes halogenated alkanes) is 1. The zero-order valence-electron chi connectivity index (χ0n) is 16.3. The molecule has 5 amide bonds. The van der Waals surface area contributed by atoms with Gasteiger partial charge < -0.3 is 4.42 Å². The van der Waals surface area contributed by atoms with Crippen LogP contribution < -0.4 is 0 Å². The lowest BCUT2D eigenvalue weighted by atomic mass is 10.1. The minimum Gasteiger partial charge on any atom is -0.467 e. The number of rotatable bonds is 7. The van der Waals surface area contributed by atoms with Gasteiger partial charge in [0.2, 0.25) is 0 Å². The smallest absolute Gasteiger partial charge is 0.334 e. The highest BCUT2D eigenvalue weighted by Gasteiger charge is 2.46. The molecule has 30 heavy (non-hydrogen) atoms. The van der Waals surface area contributed by atoms with Gasteiger partial charge in [-0.3, -0.25) is 19.3 Å². The van der Waals surface area contributed by atoms with Crippen molar-refractivity contribution in [2.75, 3.05) is 13.1 Å². The highest BCUT2D eigenvalue weighted by molar-refractivity contribution is 7.12. The first-order chi connectivity index (χ1) is 14.5. The fourth-order valence-electron chi connectivity index (χ4n) is 3.45. The number of hydrazone groups is 1. The maximum atomic E-state index is 13.0. The summed E-state index contributed by atoms with van der Waals surface area (Å²) in [7, 11) is 0. The van der Waals surface area contributed by atoms with Crippen molar-refractivity contribution >= 4 is 40.8 Å². The summed E-state index contributed by atoms with van der Waals surface area (Å²) in [6, 6.07) is 6.03. The Morgan fingerprint density at radius 2 is 2.00 bits per heavy atom. The number of carbonyl (C=O) groups is 4. The maximum absolute atomic E-state index is 13.0. The van der Waals surface area contributed by atoms with Gasteiger partial charge in [0.25, 0.3) is 5.91 Å². The normalized spacial score (nSPS) is 19.2. The summed E-state index contributed by atoms with van der Waals surface area (Å²) in [6.45, 7) is 1.52. The van der Waals surface area contributed by atoms with Gasteiger partial charge in [-0.25, -0.2) is 14.7 Å². The van der Waals surface area contributed by atoms with E-state index in [4.69, 9.17) is 4.42 Å². The van der Waals surface area contributed by atoms with Crippen LogP contribution in [0, 0.1) is 0 Å². The van der Waals surface area contributed by atoms with Gasteiger partial charge in [0, 0.05) is 13.0 Å². The van der Waals surface area contributed by atoms with E-state index in [-0.39, 0.29) is 6.54 Å². The number of thiophene rings is 1. The van der Waals surface area contributed by atoms with Gasteiger partial charge in [-0.1, -0.05) is 19.4 Å². The van der Waals surface area contributed by atoms with Crippen LogP contribution >= 0.6 is 11.3 Å². The van der Waals surface area contributed by atoms with E-state index in [1.54, 1.807) is 12.1 Å². The molecule has 10 heteroatoms. The molecular formula is C20H20N4O5S. The van der Waals surface area contributed by atoms with Crippen LogP contribution in [0.3, 0.4) is 0 Å². The molecule has 0 spiro atoms. The Morgan fingerprint density at radius 3 is 2.67 bits per heavy atom. The third-order valence-electron chi connectivity index (χ3n) is 5.01. The van der Waals surface area contributed by atoms with Gasteiger partial charge in [-0.05, 0) is 30.0 Å². The van der Waals surface area contributed by atoms with Crippen molar-refractivity contribution in [3.63, 3.8) is 0 Å². The van der Waals surface area contributed by atoms with E-state index in [0.29, 0.717) is 23.5 Å². The monoisotopic (exact) mass is 428 g/mol. The third-order valence-corrected chi connectivity index (χ3v) is 5.93. The minimum absolute atomic E-state index is 0.157. The van der Waals surface area contributed by atoms with E-state index >= 15 is 0 Å². The molecule has 2 aliphatic rings. The first-order valence-electron chi connectivity index (χ1n) is 9.65. The van der Waals surface area contributed by atoms with Crippen molar-refractivity contribution in [2.24, 2.45) is 5.10 Å². The summed E-state index contributed by atoms with van der Waals surface area (Å²) in [5, 5.41) is 7.61. The quantitative estimate of drug-likeness (QED) is 0.498.